The summed E-state index contributed by atoms with van der Waals surface area (Å²) >= 11 is 0.250. The van der Waals surface area contributed by atoms with Crippen LogP contribution in [0.4, 0.5) is 0 Å². The minimum atomic E-state index is 0. The molecule has 0 aromatic carbocycles. The summed E-state index contributed by atoms with van der Waals surface area (Å²) in [5.41, 5.74) is 0. The molecular weight excluding hydrogens is 242 g/mol. The monoisotopic (exact) mass is 242 g/mol. The molecule has 0 fully saturated rings. The van der Waals surface area contributed by atoms with Crippen LogP contribution >= 0.6 is 0 Å². The fraction of sp³-hybridized carbons (Fsp3) is 0. The van der Waals surface area contributed by atoms with Crippen molar-refractivity contribution in [1.29, 1.82) is 0 Å². The predicted octanol–water partition coefficient (Wildman–Crippen LogP) is -1.16. The van der Waals surface area contributed by atoms with E-state index in [0.29, 0.717) is 0 Å². The molecule has 0 aliphatic rings. The summed E-state index contributed by atoms with van der Waals surface area (Å²) in [6, 6.07) is 0. The third-order valence-electron chi connectivity index (χ3n) is 0. The van der Waals surface area contributed by atoms with Gasteiger partial charge in [0.2, 0.25) is 0 Å². The third kappa shape index (κ3) is 32.6. The summed E-state index contributed by atoms with van der Waals surface area (Å²) in [7, 11) is 0. The molecule has 5 heteroatoms. The molecule has 0 N–H and O–H groups in total. The van der Waals surface area contributed by atoms with E-state index in [0.717, 1.165) is 0 Å². The molecule has 0 heterocycles. The molecule has 0 aromatic rings. The first-order valence-corrected chi connectivity index (χ1v) is 3.00. The molecule has 24 valence electrons. The molecule has 0 aliphatic heterocycles. The van der Waals surface area contributed by atoms with Gasteiger partial charge in [0.25, 0.3) is 0 Å². The second-order valence-electron chi connectivity index (χ2n) is 0. The first-order valence-electron chi connectivity index (χ1n) is 0.577. The standard InChI is InChI=1S/2O.H2Se.2Zn/h;;1H2;;. The number of hydrogen-bond donors (Lipinski definition) is 0. The summed E-state index contributed by atoms with van der Waals surface area (Å²) in [4.78, 5) is 0. The Morgan fingerprint density at radius 3 is 0.800 bits per heavy atom. The maximum atomic E-state index is 8.38. The Balaban J connectivity index is -0.0000000133. The van der Waals surface area contributed by atoms with Gasteiger partial charge in [-0.05, 0) is 0 Å². The SMILES string of the molecule is [O]=[Zn].[O]=[Zn].[SeH2]. The van der Waals surface area contributed by atoms with Crippen LogP contribution in [0.25, 0.3) is 0 Å². The van der Waals surface area contributed by atoms with Crippen LogP contribution in [0.1, 0.15) is 0 Å². The van der Waals surface area contributed by atoms with E-state index < -0.39 is 0 Å². The van der Waals surface area contributed by atoms with Gasteiger partial charge in [-0.1, -0.05) is 0 Å². The van der Waals surface area contributed by atoms with Crippen LogP contribution in [-0.2, 0) is 43.7 Å². The van der Waals surface area contributed by atoms with Crippen molar-refractivity contribution in [1.82, 2.24) is 0 Å². The van der Waals surface area contributed by atoms with E-state index in [9.17, 15) is 0 Å². The molecule has 2 nitrogen and oxygen atoms in total. The molecule has 0 bridgehead atoms. The van der Waals surface area contributed by atoms with Crippen molar-refractivity contribution >= 4 is 17.1 Å². The Morgan fingerprint density at radius 1 is 0.800 bits per heavy atom. The van der Waals surface area contributed by atoms with Crippen molar-refractivity contribution in [2.45, 2.75) is 0 Å². The van der Waals surface area contributed by atoms with Crippen LogP contribution in [0.5, 0.6) is 0 Å². The van der Waals surface area contributed by atoms with Gasteiger partial charge in [-0.2, -0.15) is 0 Å². The molecule has 0 unspecified atom stereocenters. The average Bonchev–Trinajstić information content (AvgIpc) is 1.50. The van der Waals surface area contributed by atoms with Crippen LogP contribution in [0.3, 0.4) is 0 Å². The molecular formula is H2O2SeZn2. The first kappa shape index (κ1) is 16.2. The Kier molecular flexibility index (Phi) is 177. The van der Waals surface area contributed by atoms with E-state index in [2.05, 4.69) is 0 Å². The Morgan fingerprint density at radius 2 is 0.800 bits per heavy atom. The number of hydrogen-bond acceptors (Lipinski definition) is 2. The summed E-state index contributed by atoms with van der Waals surface area (Å²) < 4.78 is 16.8. The van der Waals surface area contributed by atoms with E-state index in [1.165, 1.54) is 0 Å². The van der Waals surface area contributed by atoms with E-state index in [1.807, 2.05) is 0 Å². The molecule has 0 amide bonds. The second kappa shape index (κ2) is 54.8. The average molecular weight is 244 g/mol. The second-order valence-corrected chi connectivity index (χ2v) is 0. The quantitative estimate of drug-likeness (QED) is 0.503. The van der Waals surface area contributed by atoms with Gasteiger partial charge in [0.15, 0.2) is 0 Å². The van der Waals surface area contributed by atoms with Crippen molar-refractivity contribution < 1.29 is 43.7 Å². The zero-order chi connectivity index (χ0) is 4.00. The van der Waals surface area contributed by atoms with Gasteiger partial charge >= 0.3 is 60.7 Å². The Hall–Kier alpha value is 1.37. The van der Waals surface area contributed by atoms with Gasteiger partial charge in [-0.15, -0.1) is 0 Å². The molecule has 0 atom stereocenters. The molecule has 0 radical (unpaired) electrons. The molecule has 0 aliphatic carbocycles. The summed E-state index contributed by atoms with van der Waals surface area (Å²) in [6.45, 7) is 0. The third-order valence-corrected chi connectivity index (χ3v) is 0. The fourth-order valence-corrected chi connectivity index (χ4v) is 0. The van der Waals surface area contributed by atoms with Gasteiger partial charge in [-0.25, -0.2) is 0 Å². The van der Waals surface area contributed by atoms with Crippen LogP contribution in [0.15, 0.2) is 0 Å². The zero-order valence-corrected chi connectivity index (χ0v) is 10.8. The van der Waals surface area contributed by atoms with Crippen LogP contribution in [0, 0.1) is 0 Å². The minimum absolute atomic E-state index is 0. The summed E-state index contributed by atoms with van der Waals surface area (Å²) in [6.07, 6.45) is 0. The van der Waals surface area contributed by atoms with Gasteiger partial charge in [0.05, 0.1) is 0 Å². The Bertz CT molecular complexity index is 9.61. The molecule has 0 aromatic heterocycles. The van der Waals surface area contributed by atoms with E-state index >= 15 is 0 Å². The van der Waals surface area contributed by atoms with Gasteiger partial charge < -0.3 is 0 Å². The summed E-state index contributed by atoms with van der Waals surface area (Å²) in [5.74, 6) is 0. The van der Waals surface area contributed by atoms with Gasteiger partial charge in [-0.3, -0.25) is 0 Å². The van der Waals surface area contributed by atoms with Crippen molar-refractivity contribution in [2.75, 3.05) is 0 Å². The summed E-state index contributed by atoms with van der Waals surface area (Å²) in [5, 5.41) is 0. The Labute approximate surface area is 60.4 Å². The molecule has 0 rings (SSSR count). The van der Waals surface area contributed by atoms with Gasteiger partial charge in [0.1, 0.15) is 0 Å². The molecule has 0 saturated carbocycles. The van der Waals surface area contributed by atoms with Crippen molar-refractivity contribution in [3.8, 4) is 0 Å². The predicted molar refractivity (Wildman–Crippen MR) is 9.92 cm³/mol. The normalized spacial score (nSPS) is 2.40. The number of rotatable bonds is 0. The van der Waals surface area contributed by atoms with Crippen molar-refractivity contribution in [3.05, 3.63) is 0 Å². The molecule has 0 spiro atoms. The van der Waals surface area contributed by atoms with Crippen molar-refractivity contribution in [3.63, 3.8) is 0 Å². The van der Waals surface area contributed by atoms with Crippen LogP contribution in [-0.4, -0.2) is 17.1 Å². The first-order chi connectivity index (χ1) is 2.00. The molecule has 5 heavy (non-hydrogen) atoms. The topological polar surface area (TPSA) is 34.1 Å². The van der Waals surface area contributed by atoms with Crippen LogP contribution < -0.4 is 0 Å². The van der Waals surface area contributed by atoms with E-state index in [1.54, 1.807) is 0 Å². The molecule has 0 saturated heterocycles. The van der Waals surface area contributed by atoms with Gasteiger partial charge in [0, 0.05) is 0 Å². The van der Waals surface area contributed by atoms with Crippen molar-refractivity contribution in [2.24, 2.45) is 0 Å². The van der Waals surface area contributed by atoms with E-state index in [4.69, 9.17) is 7.15 Å². The van der Waals surface area contributed by atoms with Crippen LogP contribution in [0.2, 0.25) is 0 Å². The maximum absolute atomic E-state index is 8.38. The fourth-order valence-electron chi connectivity index (χ4n) is 0. The van der Waals surface area contributed by atoms with E-state index in [-0.39, 0.29) is 53.6 Å². The zero-order valence-electron chi connectivity index (χ0n) is 2.73.